The van der Waals surface area contributed by atoms with Crippen LogP contribution in [0.25, 0.3) is 72.0 Å². The molecule has 3 nitrogen and oxygen atoms in total. The lowest BCUT2D eigenvalue weighted by atomic mass is 9.87. The molecular weight excluding hydrogens is 739 g/mol. The highest BCUT2D eigenvalue weighted by molar-refractivity contribution is 6.13. The number of fused-ring (bicyclic) bond motifs is 5. The predicted octanol–water partition coefficient (Wildman–Crippen LogP) is 14.8. The fourth-order valence-corrected chi connectivity index (χ4v) is 9.51. The highest BCUT2D eigenvalue weighted by atomic mass is 15.0. The van der Waals surface area contributed by atoms with Gasteiger partial charge in [0.1, 0.15) is 0 Å². The minimum atomic E-state index is 0.817. The van der Waals surface area contributed by atoms with Gasteiger partial charge in [0.05, 0.1) is 33.8 Å². The van der Waals surface area contributed by atoms with E-state index in [1.165, 1.54) is 77.6 Å². The van der Waals surface area contributed by atoms with Crippen LogP contribution in [0.4, 0.5) is 11.4 Å². The Balaban J connectivity index is 0.930. The van der Waals surface area contributed by atoms with Gasteiger partial charge in [0.25, 0.3) is 0 Å². The van der Waals surface area contributed by atoms with E-state index in [1.54, 1.807) is 0 Å². The SMILES string of the molecule is c1ccc(-n2c3ccccc3c3cc(-c4ccc(-c5ccccc5-c5ccccc5-c5cc(C6=Nc7ccccc7C6)cc(C6=Nc7ccccc7C6)c5)cc4)ccc32)cc1. The van der Waals surface area contributed by atoms with Crippen molar-refractivity contribution in [1.29, 1.82) is 0 Å². The van der Waals surface area contributed by atoms with Crippen molar-refractivity contribution >= 4 is 44.6 Å². The normalized spacial score (nSPS) is 13.0. The first-order valence-electron chi connectivity index (χ1n) is 21.1. The Morgan fingerprint density at radius 1 is 0.311 bits per heavy atom. The first kappa shape index (κ1) is 35.1. The van der Waals surface area contributed by atoms with Crippen molar-refractivity contribution in [2.24, 2.45) is 9.98 Å². The van der Waals surface area contributed by atoms with Crippen LogP contribution in [0.2, 0.25) is 0 Å². The molecule has 286 valence electrons. The molecular formula is C58H39N3. The van der Waals surface area contributed by atoms with E-state index in [4.69, 9.17) is 9.98 Å². The van der Waals surface area contributed by atoms with E-state index in [9.17, 15) is 0 Å². The lowest BCUT2D eigenvalue weighted by Gasteiger charge is -2.17. The van der Waals surface area contributed by atoms with E-state index in [0.29, 0.717) is 0 Å². The van der Waals surface area contributed by atoms with Crippen LogP contribution in [-0.4, -0.2) is 16.0 Å². The van der Waals surface area contributed by atoms with Crippen molar-refractivity contribution in [1.82, 2.24) is 4.57 Å². The lowest BCUT2D eigenvalue weighted by molar-refractivity contribution is 1.18. The summed E-state index contributed by atoms with van der Waals surface area (Å²) in [4.78, 5) is 10.3. The molecule has 3 heterocycles. The van der Waals surface area contributed by atoms with Gasteiger partial charge in [0, 0.05) is 29.3 Å². The van der Waals surface area contributed by atoms with Crippen LogP contribution >= 0.6 is 0 Å². The molecule has 2 aliphatic heterocycles. The van der Waals surface area contributed by atoms with Gasteiger partial charge in [-0.1, -0.05) is 152 Å². The topological polar surface area (TPSA) is 29.6 Å². The average Bonchev–Trinajstić information content (AvgIpc) is 4.06. The third kappa shape index (κ3) is 6.13. The Morgan fingerprint density at radius 3 is 1.43 bits per heavy atom. The highest BCUT2D eigenvalue weighted by Gasteiger charge is 2.22. The number of hydrogen-bond acceptors (Lipinski definition) is 2. The summed E-state index contributed by atoms with van der Waals surface area (Å²) in [5.41, 5.74) is 22.3. The summed E-state index contributed by atoms with van der Waals surface area (Å²) in [5.74, 6) is 0. The molecule has 0 saturated carbocycles. The van der Waals surface area contributed by atoms with Gasteiger partial charge in [0.2, 0.25) is 0 Å². The van der Waals surface area contributed by atoms with Crippen molar-refractivity contribution in [3.63, 3.8) is 0 Å². The van der Waals surface area contributed by atoms with Crippen LogP contribution in [0.1, 0.15) is 22.3 Å². The fraction of sp³-hybridized carbons (Fsp3) is 0.0345. The molecule has 12 rings (SSSR count). The molecule has 0 aliphatic carbocycles. The zero-order valence-electron chi connectivity index (χ0n) is 33.5. The summed E-state index contributed by atoms with van der Waals surface area (Å²) in [6, 6.07) is 76.9. The smallest absolute Gasteiger partial charge is 0.0669 e. The summed E-state index contributed by atoms with van der Waals surface area (Å²) in [6.45, 7) is 0. The maximum atomic E-state index is 5.14. The zero-order valence-corrected chi connectivity index (χ0v) is 33.5. The standard InChI is InChI=1S/C58H39N3/c1-2-16-46(17-3-1)61-57-25-13-10-22-51(57)52-35-40(30-31-58(52)61)38-26-28-39(29-27-38)47-18-6-8-20-49(47)50-21-9-7-19-48(50)43-32-44(55-36-41-14-4-11-23-53(41)59-55)34-45(33-43)56-37-42-15-5-12-24-54(42)60-56/h1-35H,36-37H2. The second kappa shape index (κ2) is 14.4. The number of para-hydroxylation sites is 4. The summed E-state index contributed by atoms with van der Waals surface area (Å²) in [7, 11) is 0. The number of rotatable bonds is 7. The van der Waals surface area contributed by atoms with Crippen LogP contribution in [0.3, 0.4) is 0 Å². The van der Waals surface area contributed by atoms with Gasteiger partial charge in [-0.05, 0) is 127 Å². The first-order chi connectivity index (χ1) is 30.2. The highest BCUT2D eigenvalue weighted by Crippen LogP contribution is 2.41. The fourth-order valence-electron chi connectivity index (χ4n) is 9.51. The maximum Gasteiger partial charge on any atom is 0.0669 e. The maximum absolute atomic E-state index is 5.14. The Morgan fingerprint density at radius 2 is 0.787 bits per heavy atom. The Labute approximate surface area is 355 Å². The van der Waals surface area contributed by atoms with Gasteiger partial charge in [-0.3, -0.25) is 9.98 Å². The minimum absolute atomic E-state index is 0.817. The van der Waals surface area contributed by atoms with Crippen molar-refractivity contribution < 1.29 is 0 Å². The molecule has 0 radical (unpaired) electrons. The largest absolute Gasteiger partial charge is 0.309 e. The molecule has 0 saturated heterocycles. The van der Waals surface area contributed by atoms with Crippen molar-refractivity contribution in [3.8, 4) is 50.2 Å². The zero-order chi connectivity index (χ0) is 40.3. The molecule has 0 bridgehead atoms. The van der Waals surface area contributed by atoms with Gasteiger partial charge in [-0.2, -0.15) is 0 Å². The molecule has 0 amide bonds. The molecule has 9 aromatic carbocycles. The monoisotopic (exact) mass is 777 g/mol. The second-order valence-corrected chi connectivity index (χ2v) is 16.1. The van der Waals surface area contributed by atoms with E-state index in [-0.39, 0.29) is 0 Å². The van der Waals surface area contributed by atoms with Gasteiger partial charge in [-0.25, -0.2) is 0 Å². The van der Waals surface area contributed by atoms with Crippen LogP contribution < -0.4 is 0 Å². The molecule has 2 aliphatic rings. The van der Waals surface area contributed by atoms with Crippen LogP contribution in [0.5, 0.6) is 0 Å². The van der Waals surface area contributed by atoms with Gasteiger partial charge >= 0.3 is 0 Å². The molecule has 3 heteroatoms. The third-order valence-electron chi connectivity index (χ3n) is 12.5. The molecule has 0 fully saturated rings. The van der Waals surface area contributed by atoms with Crippen molar-refractivity contribution in [3.05, 3.63) is 235 Å². The molecule has 0 N–H and O–H groups in total. The number of aliphatic imine (C=N–C) groups is 2. The molecule has 0 unspecified atom stereocenters. The van der Waals surface area contributed by atoms with E-state index >= 15 is 0 Å². The van der Waals surface area contributed by atoms with Gasteiger partial charge < -0.3 is 4.57 Å². The summed E-state index contributed by atoms with van der Waals surface area (Å²) in [6.07, 6.45) is 1.63. The number of nitrogens with zero attached hydrogens (tertiary/aromatic N) is 3. The number of aromatic nitrogens is 1. The Kier molecular flexibility index (Phi) is 8.31. The van der Waals surface area contributed by atoms with Gasteiger partial charge in [0.15, 0.2) is 0 Å². The number of hydrogen-bond donors (Lipinski definition) is 0. The Hall–Kier alpha value is -7.88. The van der Waals surface area contributed by atoms with E-state index in [2.05, 4.69) is 217 Å². The van der Waals surface area contributed by atoms with Crippen LogP contribution in [0.15, 0.2) is 222 Å². The average molecular weight is 778 g/mol. The second-order valence-electron chi connectivity index (χ2n) is 16.1. The summed E-state index contributed by atoms with van der Waals surface area (Å²) < 4.78 is 2.37. The summed E-state index contributed by atoms with van der Waals surface area (Å²) >= 11 is 0. The molecule has 0 atom stereocenters. The van der Waals surface area contributed by atoms with E-state index < -0.39 is 0 Å². The minimum Gasteiger partial charge on any atom is -0.309 e. The van der Waals surface area contributed by atoms with Crippen molar-refractivity contribution in [2.45, 2.75) is 12.8 Å². The van der Waals surface area contributed by atoms with Crippen LogP contribution in [0, 0.1) is 0 Å². The Bertz CT molecular complexity index is 3320. The lowest BCUT2D eigenvalue weighted by Crippen LogP contribution is -2.06. The summed E-state index contributed by atoms with van der Waals surface area (Å²) in [5, 5.41) is 2.51. The molecule has 61 heavy (non-hydrogen) atoms. The molecule has 0 spiro atoms. The first-order valence-corrected chi connectivity index (χ1v) is 21.1. The van der Waals surface area contributed by atoms with Crippen molar-refractivity contribution in [2.75, 3.05) is 0 Å². The third-order valence-corrected chi connectivity index (χ3v) is 12.5. The molecule has 1 aromatic heterocycles. The van der Waals surface area contributed by atoms with Gasteiger partial charge in [-0.15, -0.1) is 0 Å². The van der Waals surface area contributed by atoms with Crippen LogP contribution in [-0.2, 0) is 12.8 Å². The molecule has 10 aromatic rings. The predicted molar refractivity (Wildman–Crippen MR) is 255 cm³/mol. The van der Waals surface area contributed by atoms with E-state index in [0.717, 1.165) is 52.3 Å². The van der Waals surface area contributed by atoms with E-state index in [1.807, 2.05) is 0 Å². The quantitative estimate of drug-likeness (QED) is 0.154. The number of benzene rings is 9.